The van der Waals surface area contributed by atoms with Crippen molar-refractivity contribution in [3.63, 3.8) is 0 Å². The molecule has 2 aliphatic rings. The predicted molar refractivity (Wildman–Crippen MR) is 192 cm³/mol. The van der Waals surface area contributed by atoms with Crippen molar-refractivity contribution >= 4 is 28.9 Å². The third-order valence-corrected chi connectivity index (χ3v) is 9.21. The van der Waals surface area contributed by atoms with E-state index in [1.54, 1.807) is 0 Å². The lowest BCUT2D eigenvalue weighted by Gasteiger charge is -2.53. The van der Waals surface area contributed by atoms with E-state index in [4.69, 9.17) is 9.84 Å². The summed E-state index contributed by atoms with van der Waals surface area (Å²) in [6.07, 6.45) is 0. The van der Waals surface area contributed by atoms with Gasteiger partial charge < -0.3 is 9.64 Å². The zero-order chi connectivity index (χ0) is 32.6. The molecule has 234 valence electrons. The minimum atomic E-state index is -1.23. The second-order valence-electron chi connectivity index (χ2n) is 11.8. The molecule has 0 saturated carbocycles. The van der Waals surface area contributed by atoms with E-state index < -0.39 is 17.3 Å². The van der Waals surface area contributed by atoms with Crippen LogP contribution in [0.5, 0.6) is 0 Å². The summed E-state index contributed by atoms with van der Waals surface area (Å²) in [5.41, 5.74) is 5.92. The Morgan fingerprint density at radius 3 is 1.52 bits per heavy atom. The summed E-state index contributed by atoms with van der Waals surface area (Å²) in [5.74, 6) is -1.53. The molecule has 6 nitrogen and oxygen atoms in total. The molecule has 0 amide bonds. The van der Waals surface area contributed by atoms with Crippen LogP contribution in [-0.4, -0.2) is 18.4 Å². The summed E-state index contributed by atoms with van der Waals surface area (Å²) in [7, 11) is 0. The highest BCUT2D eigenvalue weighted by Gasteiger charge is 2.69. The molecular formula is C42H34N4O2. The van der Waals surface area contributed by atoms with Crippen LogP contribution < -0.4 is 14.8 Å². The number of ether oxygens (including phenoxy) is 1. The topological polar surface area (TPSA) is 48.4 Å². The van der Waals surface area contributed by atoms with Crippen molar-refractivity contribution < 1.29 is 9.53 Å². The molecule has 0 N–H and O–H groups in total. The largest absolute Gasteiger partial charge is 0.460 e. The first-order chi connectivity index (χ1) is 23.7. The van der Waals surface area contributed by atoms with Crippen molar-refractivity contribution in [3.05, 3.63) is 198 Å². The van der Waals surface area contributed by atoms with E-state index in [9.17, 15) is 4.79 Å². The summed E-state index contributed by atoms with van der Waals surface area (Å²) < 4.78 is 5.76. The molecule has 0 saturated heterocycles. The van der Waals surface area contributed by atoms with Gasteiger partial charge in [-0.3, -0.25) is 4.90 Å². The molecule has 6 aromatic rings. The number of hydrogen-bond acceptors (Lipinski definition) is 6. The molecule has 1 atom stereocenters. The fraction of sp³-hybridized carbons (Fsp3) is 0.0952. The van der Waals surface area contributed by atoms with Crippen LogP contribution in [0.25, 0.3) is 0 Å². The fourth-order valence-electron chi connectivity index (χ4n) is 7.51. The van der Waals surface area contributed by atoms with Crippen LogP contribution in [0.4, 0.5) is 17.1 Å². The monoisotopic (exact) mass is 626 g/mol. The number of benzene rings is 6. The zero-order valence-corrected chi connectivity index (χ0v) is 26.6. The van der Waals surface area contributed by atoms with E-state index in [2.05, 4.69) is 119 Å². The Hall–Kier alpha value is -6.14. The van der Waals surface area contributed by atoms with Gasteiger partial charge in [-0.1, -0.05) is 140 Å². The third kappa shape index (κ3) is 4.19. The summed E-state index contributed by atoms with van der Waals surface area (Å²) >= 11 is 0. The second kappa shape index (κ2) is 11.9. The highest BCUT2D eigenvalue weighted by Crippen LogP contribution is 2.62. The Labute approximate surface area is 280 Å². The molecule has 0 bridgehead atoms. The Balaban J connectivity index is 1.59. The molecule has 1 spiro atoms. The van der Waals surface area contributed by atoms with Gasteiger partial charge in [0.25, 0.3) is 0 Å². The van der Waals surface area contributed by atoms with Crippen LogP contribution in [0.2, 0.25) is 0 Å². The van der Waals surface area contributed by atoms with Crippen molar-refractivity contribution in [2.24, 2.45) is 5.10 Å². The van der Waals surface area contributed by atoms with Crippen LogP contribution in [0, 0.1) is 0 Å². The van der Waals surface area contributed by atoms with Gasteiger partial charge in [0.2, 0.25) is 11.6 Å². The minimum absolute atomic E-state index is 0.194. The van der Waals surface area contributed by atoms with Crippen LogP contribution in [-0.2, 0) is 20.9 Å². The van der Waals surface area contributed by atoms with Gasteiger partial charge in [-0.15, -0.1) is 5.10 Å². The van der Waals surface area contributed by atoms with Crippen molar-refractivity contribution in [2.75, 3.05) is 21.4 Å². The van der Waals surface area contributed by atoms with E-state index >= 15 is 0 Å². The van der Waals surface area contributed by atoms with Crippen molar-refractivity contribution in [1.82, 2.24) is 0 Å². The molecule has 2 heterocycles. The maximum atomic E-state index is 14.2. The normalized spacial score (nSPS) is 17.7. The number of esters is 1. The van der Waals surface area contributed by atoms with Crippen LogP contribution in [0.15, 0.2) is 181 Å². The Morgan fingerprint density at radius 2 is 1.00 bits per heavy atom. The lowest BCUT2D eigenvalue weighted by molar-refractivity contribution is -0.135. The van der Waals surface area contributed by atoms with E-state index in [0.29, 0.717) is 0 Å². The van der Waals surface area contributed by atoms with Gasteiger partial charge in [0.05, 0.1) is 12.3 Å². The number of anilines is 3. The van der Waals surface area contributed by atoms with Gasteiger partial charge in [0.1, 0.15) is 5.54 Å². The first-order valence-corrected chi connectivity index (χ1v) is 16.2. The van der Waals surface area contributed by atoms with Crippen molar-refractivity contribution in [3.8, 4) is 0 Å². The van der Waals surface area contributed by atoms with Gasteiger partial charge in [0, 0.05) is 16.9 Å². The maximum Gasteiger partial charge on any atom is 0.376 e. The first kappa shape index (κ1) is 29.3. The number of carbonyl (C=O) groups is 1. The Bertz CT molecular complexity index is 2030. The average Bonchev–Trinajstić information content (AvgIpc) is 3.65. The molecule has 0 aromatic heterocycles. The molecule has 1 unspecified atom stereocenters. The second-order valence-corrected chi connectivity index (χ2v) is 11.8. The van der Waals surface area contributed by atoms with E-state index in [0.717, 1.165) is 39.3 Å². The fourth-order valence-corrected chi connectivity index (χ4v) is 7.51. The average molecular weight is 627 g/mol. The summed E-state index contributed by atoms with van der Waals surface area (Å²) in [6.45, 7) is 2.04. The Kier molecular flexibility index (Phi) is 7.26. The first-order valence-electron chi connectivity index (χ1n) is 16.2. The van der Waals surface area contributed by atoms with Gasteiger partial charge in [-0.05, 0) is 60.0 Å². The number of amidine groups is 1. The smallest absolute Gasteiger partial charge is 0.376 e. The molecular weight excluding hydrogens is 592 g/mol. The van der Waals surface area contributed by atoms with Gasteiger partial charge in [-0.2, -0.15) is 0 Å². The third-order valence-electron chi connectivity index (χ3n) is 9.21. The standard InChI is InChI=1S/C42H34N4O2/c1-2-48-40(47)39-43-46(36-28-16-7-17-29-36)42(44(39)34-24-12-5-13-25-34)38-31-19-18-30-37(38)41(32-20-8-3-9-21-32,33-22-10-4-11-23-33)45(42)35-26-14-6-15-27-35/h3-31H,2H2,1H3. The number of hydrazone groups is 1. The van der Waals surface area contributed by atoms with E-state index in [1.807, 2.05) is 78.7 Å². The van der Waals surface area contributed by atoms with Gasteiger partial charge >= 0.3 is 5.97 Å². The summed E-state index contributed by atoms with van der Waals surface area (Å²) in [5, 5.41) is 7.26. The highest BCUT2D eigenvalue weighted by molar-refractivity contribution is 6.42. The molecule has 0 aliphatic carbocycles. The minimum Gasteiger partial charge on any atom is -0.460 e. The SMILES string of the molecule is CCOC(=O)C1=NN(c2ccccc2)C2(c3ccccc3C(c3ccccc3)(c3ccccc3)N2c2ccccc2)N1c1ccccc1. The number of hydrogen-bond donors (Lipinski definition) is 0. The van der Waals surface area contributed by atoms with E-state index in [1.165, 1.54) is 0 Å². The number of para-hydroxylation sites is 3. The molecule has 0 radical (unpaired) electrons. The number of carbonyl (C=O) groups excluding carboxylic acids is 1. The molecule has 2 aliphatic heterocycles. The lowest BCUT2D eigenvalue weighted by Crippen LogP contribution is -2.66. The number of nitrogens with zero attached hydrogens (tertiary/aromatic N) is 4. The zero-order valence-electron chi connectivity index (χ0n) is 26.6. The summed E-state index contributed by atoms with van der Waals surface area (Å²) in [6, 6.07) is 60.4. The molecule has 8 rings (SSSR count). The lowest BCUT2D eigenvalue weighted by atomic mass is 9.77. The molecule has 0 fully saturated rings. The van der Waals surface area contributed by atoms with E-state index in [-0.39, 0.29) is 12.4 Å². The number of rotatable bonds is 7. The number of fused-ring (bicyclic) bond motifs is 2. The molecule has 6 aromatic carbocycles. The predicted octanol–water partition coefficient (Wildman–Crippen LogP) is 8.51. The quantitative estimate of drug-likeness (QED) is 0.166. The van der Waals surface area contributed by atoms with Crippen molar-refractivity contribution in [1.29, 1.82) is 0 Å². The van der Waals surface area contributed by atoms with Gasteiger partial charge in [-0.25, -0.2) is 9.80 Å². The van der Waals surface area contributed by atoms with Crippen LogP contribution in [0.1, 0.15) is 29.2 Å². The maximum absolute atomic E-state index is 14.2. The summed E-state index contributed by atoms with van der Waals surface area (Å²) in [4.78, 5) is 18.7. The molecule has 48 heavy (non-hydrogen) atoms. The van der Waals surface area contributed by atoms with Crippen LogP contribution >= 0.6 is 0 Å². The highest BCUT2D eigenvalue weighted by atomic mass is 16.5. The molecule has 6 heteroatoms. The Morgan fingerprint density at radius 1 is 0.562 bits per heavy atom. The van der Waals surface area contributed by atoms with Crippen molar-refractivity contribution in [2.45, 2.75) is 18.2 Å². The van der Waals surface area contributed by atoms with Gasteiger partial charge in [0.15, 0.2) is 0 Å². The van der Waals surface area contributed by atoms with Crippen LogP contribution in [0.3, 0.4) is 0 Å².